The molecule has 0 spiro atoms. The van der Waals surface area contributed by atoms with Crippen LogP contribution in [0.5, 0.6) is 0 Å². The first-order chi connectivity index (χ1) is 9.19. The van der Waals surface area contributed by atoms with Crippen LogP contribution in [0.1, 0.15) is 30.4 Å². The van der Waals surface area contributed by atoms with E-state index in [-0.39, 0.29) is 30.4 Å². The molecule has 0 aliphatic carbocycles. The van der Waals surface area contributed by atoms with E-state index in [9.17, 15) is 9.59 Å². The molecule has 0 aliphatic rings. The van der Waals surface area contributed by atoms with Gasteiger partial charge in [-0.15, -0.1) is 0 Å². The summed E-state index contributed by atoms with van der Waals surface area (Å²) in [6.45, 7) is 6.09. The minimum absolute atomic E-state index is 0.00683. The topological polar surface area (TPSA) is 132 Å². The Morgan fingerprint density at radius 1 is 1.40 bits per heavy atom. The molecule has 6 N–H and O–H groups in total. The summed E-state index contributed by atoms with van der Waals surface area (Å²) in [6, 6.07) is 0. The molecule has 9 heteroatoms. The molecule has 0 saturated carbocycles. The van der Waals surface area contributed by atoms with Gasteiger partial charge in [-0.1, -0.05) is 11.3 Å². The normalized spacial score (nSPS) is 10.9. The van der Waals surface area contributed by atoms with Gasteiger partial charge in [-0.2, -0.15) is 0 Å². The highest BCUT2D eigenvalue weighted by atomic mass is 32.1. The Labute approximate surface area is 120 Å². The molecular weight excluding hydrogens is 282 g/mol. The lowest BCUT2D eigenvalue weighted by Gasteiger charge is -2.19. The molecule has 1 aromatic rings. The van der Waals surface area contributed by atoms with E-state index < -0.39 is 6.09 Å². The Bertz CT molecular complexity index is 495. The van der Waals surface area contributed by atoms with Gasteiger partial charge >= 0.3 is 6.09 Å². The maximum atomic E-state index is 11.9. The van der Waals surface area contributed by atoms with Gasteiger partial charge in [0.1, 0.15) is 17.3 Å². The Morgan fingerprint density at radius 2 is 2.05 bits per heavy atom. The summed E-state index contributed by atoms with van der Waals surface area (Å²) in [4.78, 5) is 26.6. The van der Waals surface area contributed by atoms with Gasteiger partial charge in [-0.05, 0) is 20.8 Å². The van der Waals surface area contributed by atoms with Gasteiger partial charge in [-0.25, -0.2) is 9.78 Å². The van der Waals surface area contributed by atoms with E-state index >= 15 is 0 Å². The zero-order valence-electron chi connectivity index (χ0n) is 11.6. The number of thiazole rings is 1. The number of anilines is 2. The van der Waals surface area contributed by atoms with Crippen LogP contribution < -0.4 is 22.1 Å². The lowest BCUT2D eigenvalue weighted by atomic mass is 10.1. The van der Waals surface area contributed by atoms with Crippen LogP contribution in [0.25, 0.3) is 0 Å². The number of nitrogens with one attached hydrogen (secondary N) is 2. The average Bonchev–Trinajstić information content (AvgIpc) is 2.62. The molecule has 0 bridgehead atoms. The number of carbonyl (C=O) groups excluding carboxylic acids is 2. The first-order valence-corrected chi connectivity index (χ1v) is 6.75. The van der Waals surface area contributed by atoms with Crippen molar-refractivity contribution >= 4 is 34.3 Å². The van der Waals surface area contributed by atoms with Gasteiger partial charge in [0.05, 0.1) is 6.54 Å². The predicted molar refractivity (Wildman–Crippen MR) is 77.8 cm³/mol. The maximum absolute atomic E-state index is 11.9. The number of nitrogens with zero attached hydrogens (tertiary/aromatic N) is 1. The Balaban J connectivity index is 2.58. The second-order valence-electron chi connectivity index (χ2n) is 5.03. The highest BCUT2D eigenvalue weighted by Crippen LogP contribution is 2.26. The molecule has 0 atom stereocenters. The average molecular weight is 301 g/mol. The molecule has 1 rings (SSSR count). The van der Waals surface area contributed by atoms with Crippen LogP contribution in [0, 0.1) is 0 Å². The van der Waals surface area contributed by atoms with Gasteiger partial charge in [0.25, 0.3) is 5.91 Å². The molecule has 20 heavy (non-hydrogen) atoms. The van der Waals surface area contributed by atoms with Gasteiger partial charge in [0, 0.05) is 5.54 Å². The first kappa shape index (κ1) is 16.0. The third-order valence-electron chi connectivity index (χ3n) is 1.97. The Morgan fingerprint density at radius 3 is 2.60 bits per heavy atom. The number of carbonyl (C=O) groups is 2. The monoisotopic (exact) mass is 301 g/mol. The van der Waals surface area contributed by atoms with E-state index in [1.165, 1.54) is 11.3 Å². The van der Waals surface area contributed by atoms with Gasteiger partial charge in [0.2, 0.25) is 0 Å². The van der Waals surface area contributed by atoms with Crippen molar-refractivity contribution in [3.05, 3.63) is 4.88 Å². The number of ether oxygens (including phenoxy) is 1. The smallest absolute Gasteiger partial charge is 0.404 e. The zero-order valence-corrected chi connectivity index (χ0v) is 12.5. The number of rotatable bonds is 5. The maximum Gasteiger partial charge on any atom is 0.404 e. The van der Waals surface area contributed by atoms with Crippen LogP contribution in [0.2, 0.25) is 0 Å². The van der Waals surface area contributed by atoms with Crippen LogP contribution in [0.15, 0.2) is 0 Å². The van der Waals surface area contributed by atoms with Crippen LogP contribution in [-0.4, -0.2) is 35.7 Å². The van der Waals surface area contributed by atoms with Crippen molar-refractivity contribution in [1.29, 1.82) is 0 Å². The van der Waals surface area contributed by atoms with Crippen molar-refractivity contribution in [3.63, 3.8) is 0 Å². The summed E-state index contributed by atoms with van der Waals surface area (Å²) in [5.74, 6) is -0.204. The summed E-state index contributed by atoms with van der Waals surface area (Å²) < 4.78 is 4.50. The second-order valence-corrected chi connectivity index (χ2v) is 6.03. The first-order valence-electron chi connectivity index (χ1n) is 5.94. The van der Waals surface area contributed by atoms with Gasteiger partial charge < -0.3 is 26.8 Å². The van der Waals surface area contributed by atoms with E-state index in [4.69, 9.17) is 11.5 Å². The van der Waals surface area contributed by atoms with Gasteiger partial charge in [-0.3, -0.25) is 4.79 Å². The number of hydrogen-bond acceptors (Lipinski definition) is 7. The van der Waals surface area contributed by atoms with Crippen molar-refractivity contribution in [2.24, 2.45) is 5.73 Å². The van der Waals surface area contributed by atoms with Crippen molar-refractivity contribution in [2.75, 3.05) is 24.2 Å². The molecule has 0 saturated heterocycles. The van der Waals surface area contributed by atoms with Crippen molar-refractivity contribution in [2.45, 2.75) is 26.3 Å². The highest BCUT2D eigenvalue weighted by molar-refractivity contribution is 7.18. The van der Waals surface area contributed by atoms with Crippen LogP contribution in [-0.2, 0) is 4.74 Å². The minimum atomic E-state index is -0.881. The zero-order chi connectivity index (χ0) is 15.3. The second kappa shape index (κ2) is 6.42. The SMILES string of the molecule is CC(C)(C)Nc1nc(N)c(C(=O)NCCOC(N)=O)s1. The molecule has 1 heterocycles. The van der Waals surface area contributed by atoms with E-state index in [0.717, 1.165) is 0 Å². The number of hydrogen-bond donors (Lipinski definition) is 4. The number of nitrogen functional groups attached to an aromatic ring is 1. The summed E-state index contributed by atoms with van der Waals surface area (Å²) in [5, 5.41) is 6.28. The number of nitrogens with two attached hydrogens (primary N) is 2. The molecular formula is C11H19N5O3S. The third kappa shape index (κ3) is 5.31. The molecule has 112 valence electrons. The van der Waals surface area contributed by atoms with Crippen molar-refractivity contribution < 1.29 is 14.3 Å². The quantitative estimate of drug-likeness (QED) is 0.593. The lowest BCUT2D eigenvalue weighted by Crippen LogP contribution is -2.29. The van der Waals surface area contributed by atoms with E-state index in [2.05, 4.69) is 20.4 Å². The van der Waals surface area contributed by atoms with E-state index in [1.807, 2.05) is 20.8 Å². The number of amides is 2. The summed E-state index contributed by atoms with van der Waals surface area (Å²) in [6.07, 6.45) is -0.881. The van der Waals surface area contributed by atoms with Crippen LogP contribution in [0.3, 0.4) is 0 Å². The van der Waals surface area contributed by atoms with E-state index in [1.54, 1.807) is 0 Å². The molecule has 2 amide bonds. The van der Waals surface area contributed by atoms with Crippen LogP contribution >= 0.6 is 11.3 Å². The molecule has 0 aromatic carbocycles. The molecule has 1 aromatic heterocycles. The summed E-state index contributed by atoms with van der Waals surface area (Å²) in [7, 11) is 0. The minimum Gasteiger partial charge on any atom is -0.448 e. The summed E-state index contributed by atoms with van der Waals surface area (Å²) >= 11 is 1.17. The van der Waals surface area contributed by atoms with E-state index in [0.29, 0.717) is 10.0 Å². The third-order valence-corrected chi connectivity index (χ3v) is 2.96. The number of primary amides is 1. The molecule has 0 unspecified atom stereocenters. The fourth-order valence-electron chi connectivity index (χ4n) is 1.27. The molecule has 8 nitrogen and oxygen atoms in total. The molecule has 0 radical (unpaired) electrons. The molecule has 0 fully saturated rings. The van der Waals surface area contributed by atoms with Crippen LogP contribution in [0.4, 0.5) is 15.7 Å². The fourth-order valence-corrected chi connectivity index (χ4v) is 2.27. The lowest BCUT2D eigenvalue weighted by molar-refractivity contribution is 0.0941. The van der Waals surface area contributed by atoms with Crippen molar-refractivity contribution in [3.8, 4) is 0 Å². The predicted octanol–water partition coefficient (Wildman–Crippen LogP) is 0.761. The summed E-state index contributed by atoms with van der Waals surface area (Å²) in [5.41, 5.74) is 10.3. The standard InChI is InChI=1S/C11H19N5O3S/c1-11(2,3)16-10-15-7(12)6(20-10)8(17)14-4-5-19-9(13)18/h4-5,12H2,1-3H3,(H2,13,18)(H,14,17)(H,15,16). The van der Waals surface area contributed by atoms with Crippen molar-refractivity contribution in [1.82, 2.24) is 10.3 Å². The van der Waals surface area contributed by atoms with Gasteiger partial charge in [0.15, 0.2) is 5.13 Å². The number of aromatic nitrogens is 1. The highest BCUT2D eigenvalue weighted by Gasteiger charge is 2.18. The largest absolute Gasteiger partial charge is 0.448 e. The molecule has 0 aliphatic heterocycles. The fraction of sp³-hybridized carbons (Fsp3) is 0.545. The Hall–Kier alpha value is -2.03. The Kier molecular flexibility index (Phi) is 5.14.